The first kappa shape index (κ1) is 18.0. The van der Waals surface area contributed by atoms with E-state index < -0.39 is 5.82 Å². The molecule has 28 heavy (non-hydrogen) atoms. The number of hydrogen-bond acceptors (Lipinski definition) is 4. The van der Waals surface area contributed by atoms with Crippen molar-refractivity contribution in [3.8, 4) is 5.75 Å². The Hall–Kier alpha value is -3.35. The third-order valence-electron chi connectivity index (χ3n) is 4.83. The Morgan fingerprint density at radius 3 is 2.79 bits per heavy atom. The number of rotatable bonds is 5. The average Bonchev–Trinajstić information content (AvgIpc) is 3.14. The van der Waals surface area contributed by atoms with Crippen molar-refractivity contribution in [2.45, 2.75) is 25.4 Å². The Labute approximate surface area is 162 Å². The summed E-state index contributed by atoms with van der Waals surface area (Å²) in [6.07, 6.45) is 3.61. The molecule has 4 rings (SSSR count). The molecule has 1 atom stereocenters. The monoisotopic (exact) mass is 380 g/mol. The molecule has 1 amide bonds. The Balaban J connectivity index is 1.52. The highest BCUT2D eigenvalue weighted by atomic mass is 19.1. The van der Waals surface area contributed by atoms with E-state index in [-0.39, 0.29) is 11.9 Å². The number of anilines is 2. The fraction of sp³-hybridized carbons (Fsp3) is 0.238. The molecule has 1 aliphatic heterocycles. The Kier molecular flexibility index (Phi) is 4.97. The van der Waals surface area contributed by atoms with Gasteiger partial charge >= 0.3 is 0 Å². The third-order valence-corrected chi connectivity index (χ3v) is 4.83. The van der Waals surface area contributed by atoms with Crippen molar-refractivity contribution >= 4 is 17.3 Å². The third kappa shape index (κ3) is 3.69. The van der Waals surface area contributed by atoms with Gasteiger partial charge in [0.05, 0.1) is 25.0 Å². The number of nitrogens with zero attached hydrogens (tertiary/aromatic N) is 2. The van der Waals surface area contributed by atoms with Gasteiger partial charge in [0.2, 0.25) is 0 Å². The first-order valence-corrected chi connectivity index (χ1v) is 9.17. The highest BCUT2D eigenvalue weighted by Crippen LogP contribution is 2.30. The maximum atomic E-state index is 13.4. The number of hydrogen-bond donors (Lipinski definition) is 2. The first-order chi connectivity index (χ1) is 13.6. The minimum atomic E-state index is -0.397. The SMILES string of the molecule is COc1ccc(NC2CCCn3c2cnc3C(=O)Nc2cccc(F)c2)cc1. The summed E-state index contributed by atoms with van der Waals surface area (Å²) in [6, 6.07) is 13.6. The van der Waals surface area contributed by atoms with E-state index in [1.54, 1.807) is 25.4 Å². The molecule has 0 aliphatic carbocycles. The van der Waals surface area contributed by atoms with Crippen molar-refractivity contribution in [3.05, 3.63) is 72.1 Å². The van der Waals surface area contributed by atoms with Crippen molar-refractivity contribution in [1.29, 1.82) is 0 Å². The second-order valence-corrected chi connectivity index (χ2v) is 6.69. The highest BCUT2D eigenvalue weighted by molar-refractivity contribution is 6.01. The largest absolute Gasteiger partial charge is 0.497 e. The summed E-state index contributed by atoms with van der Waals surface area (Å²) in [5.41, 5.74) is 2.35. The molecule has 0 radical (unpaired) electrons. The number of fused-ring (bicyclic) bond motifs is 1. The topological polar surface area (TPSA) is 68.2 Å². The lowest BCUT2D eigenvalue weighted by atomic mass is 10.0. The lowest BCUT2D eigenvalue weighted by Gasteiger charge is -2.26. The second kappa shape index (κ2) is 7.72. The van der Waals surface area contributed by atoms with Crippen LogP contribution in [0.1, 0.15) is 35.2 Å². The Morgan fingerprint density at radius 2 is 2.04 bits per heavy atom. The van der Waals surface area contributed by atoms with Crippen LogP contribution in [-0.2, 0) is 6.54 Å². The molecule has 144 valence electrons. The molecule has 0 bridgehead atoms. The number of aromatic nitrogens is 2. The number of imidazole rings is 1. The van der Waals surface area contributed by atoms with E-state index in [9.17, 15) is 9.18 Å². The molecular weight excluding hydrogens is 359 g/mol. The molecule has 0 saturated carbocycles. The molecule has 2 aromatic carbocycles. The maximum absolute atomic E-state index is 13.4. The fourth-order valence-corrected chi connectivity index (χ4v) is 3.47. The molecule has 0 fully saturated rings. The van der Waals surface area contributed by atoms with Crippen LogP contribution in [0.15, 0.2) is 54.7 Å². The summed E-state index contributed by atoms with van der Waals surface area (Å²) < 4.78 is 20.5. The number of halogens is 1. The summed E-state index contributed by atoms with van der Waals surface area (Å²) in [4.78, 5) is 17.0. The van der Waals surface area contributed by atoms with Gasteiger partial charge in [0.1, 0.15) is 11.6 Å². The van der Waals surface area contributed by atoms with E-state index in [0.717, 1.165) is 36.5 Å². The zero-order valence-corrected chi connectivity index (χ0v) is 15.5. The zero-order valence-electron chi connectivity index (χ0n) is 15.5. The van der Waals surface area contributed by atoms with Gasteiger partial charge in [-0.25, -0.2) is 9.37 Å². The molecule has 2 N–H and O–H groups in total. The summed E-state index contributed by atoms with van der Waals surface area (Å²) in [6.45, 7) is 0.724. The minimum Gasteiger partial charge on any atom is -0.497 e. The van der Waals surface area contributed by atoms with Gasteiger partial charge in [-0.15, -0.1) is 0 Å². The van der Waals surface area contributed by atoms with Gasteiger partial charge in [-0.2, -0.15) is 0 Å². The number of amides is 1. The first-order valence-electron chi connectivity index (χ1n) is 9.17. The maximum Gasteiger partial charge on any atom is 0.291 e. The van der Waals surface area contributed by atoms with Crippen molar-refractivity contribution in [1.82, 2.24) is 9.55 Å². The summed E-state index contributed by atoms with van der Waals surface area (Å²) in [7, 11) is 1.64. The predicted octanol–water partition coefficient (Wildman–Crippen LogP) is 4.23. The van der Waals surface area contributed by atoms with E-state index in [0.29, 0.717) is 11.5 Å². The second-order valence-electron chi connectivity index (χ2n) is 6.69. The number of ether oxygens (including phenoxy) is 1. The van der Waals surface area contributed by atoms with Crippen LogP contribution in [0.4, 0.5) is 15.8 Å². The van der Waals surface area contributed by atoms with Crippen molar-refractivity contribution in [2.75, 3.05) is 17.7 Å². The quantitative estimate of drug-likeness (QED) is 0.695. The fourth-order valence-electron chi connectivity index (χ4n) is 3.47. The van der Waals surface area contributed by atoms with Crippen LogP contribution >= 0.6 is 0 Å². The predicted molar refractivity (Wildman–Crippen MR) is 105 cm³/mol. The number of nitrogens with one attached hydrogen (secondary N) is 2. The molecule has 1 aliphatic rings. The molecule has 1 unspecified atom stereocenters. The van der Waals surface area contributed by atoms with Crippen molar-refractivity contribution in [2.24, 2.45) is 0 Å². The molecule has 3 aromatic rings. The highest BCUT2D eigenvalue weighted by Gasteiger charge is 2.26. The van der Waals surface area contributed by atoms with Crippen LogP contribution in [-0.4, -0.2) is 22.6 Å². The van der Waals surface area contributed by atoms with Crippen LogP contribution in [0.2, 0.25) is 0 Å². The molecule has 2 heterocycles. The van der Waals surface area contributed by atoms with Gasteiger partial charge in [0.15, 0.2) is 5.82 Å². The van der Waals surface area contributed by atoms with Crippen LogP contribution in [0.3, 0.4) is 0 Å². The van der Waals surface area contributed by atoms with Gasteiger partial charge in [0, 0.05) is 17.9 Å². The summed E-state index contributed by atoms with van der Waals surface area (Å²) >= 11 is 0. The number of benzene rings is 2. The molecule has 0 saturated heterocycles. The lowest BCUT2D eigenvalue weighted by Crippen LogP contribution is -2.25. The van der Waals surface area contributed by atoms with Crippen molar-refractivity contribution < 1.29 is 13.9 Å². The minimum absolute atomic E-state index is 0.0605. The smallest absolute Gasteiger partial charge is 0.291 e. The zero-order chi connectivity index (χ0) is 19.5. The standard InChI is InChI=1S/C21H21FN4O2/c1-28-17-9-7-15(8-10-17)24-18-6-3-11-26-19(18)13-23-20(26)21(27)25-16-5-2-4-14(22)12-16/h2,4-5,7-10,12-13,18,24H,3,6,11H2,1H3,(H,25,27). The van der Waals surface area contributed by atoms with Gasteiger partial charge in [-0.1, -0.05) is 6.07 Å². The summed E-state index contributed by atoms with van der Waals surface area (Å²) in [5, 5.41) is 6.22. The Bertz CT molecular complexity index is 984. The van der Waals surface area contributed by atoms with Gasteiger partial charge in [-0.3, -0.25) is 4.79 Å². The Morgan fingerprint density at radius 1 is 1.21 bits per heavy atom. The molecule has 0 spiro atoms. The van der Waals surface area contributed by atoms with E-state index >= 15 is 0 Å². The van der Waals surface area contributed by atoms with Crippen LogP contribution in [0.25, 0.3) is 0 Å². The van der Waals surface area contributed by atoms with Gasteiger partial charge in [0.25, 0.3) is 5.91 Å². The van der Waals surface area contributed by atoms with Gasteiger partial charge in [-0.05, 0) is 55.3 Å². The molecule has 7 heteroatoms. The van der Waals surface area contributed by atoms with Crippen molar-refractivity contribution in [3.63, 3.8) is 0 Å². The van der Waals surface area contributed by atoms with E-state index in [1.165, 1.54) is 12.1 Å². The van der Waals surface area contributed by atoms with Gasteiger partial charge < -0.3 is 19.9 Å². The number of carbonyl (C=O) groups excluding carboxylic acids is 1. The van der Waals surface area contributed by atoms with E-state index in [2.05, 4.69) is 15.6 Å². The average molecular weight is 380 g/mol. The molecule has 6 nitrogen and oxygen atoms in total. The van der Waals surface area contributed by atoms with Crippen LogP contribution < -0.4 is 15.4 Å². The van der Waals surface area contributed by atoms with E-state index in [1.807, 2.05) is 28.8 Å². The summed E-state index contributed by atoms with van der Waals surface area (Å²) in [5.74, 6) is 0.393. The number of carbonyl (C=O) groups is 1. The van der Waals surface area contributed by atoms with E-state index in [4.69, 9.17) is 4.74 Å². The normalized spacial score (nSPS) is 15.6. The van der Waals surface area contributed by atoms with Crippen LogP contribution in [0.5, 0.6) is 5.75 Å². The molecular formula is C21H21FN4O2. The molecule has 1 aromatic heterocycles. The number of methoxy groups -OCH3 is 1. The lowest BCUT2D eigenvalue weighted by molar-refractivity contribution is 0.101. The van der Waals surface area contributed by atoms with Crippen LogP contribution in [0, 0.1) is 5.82 Å².